The molecule has 0 fully saturated rings. The van der Waals surface area contributed by atoms with Crippen LogP contribution in [0.1, 0.15) is 23.2 Å². The van der Waals surface area contributed by atoms with Crippen molar-refractivity contribution < 1.29 is 4.74 Å². The van der Waals surface area contributed by atoms with Gasteiger partial charge >= 0.3 is 0 Å². The number of benzene rings is 2. The van der Waals surface area contributed by atoms with Crippen molar-refractivity contribution in [3.8, 4) is 5.75 Å². The molecule has 0 radical (unpaired) electrons. The number of nitrogens with zero attached hydrogens (tertiary/aromatic N) is 1. The molecule has 0 aliphatic heterocycles. The SMILES string of the molecule is COc1ccc(CNc2c3c(nc4ccccc24)CCC3)cc1. The summed E-state index contributed by atoms with van der Waals surface area (Å²) < 4.78 is 5.22. The number of rotatable bonds is 4. The van der Waals surface area contributed by atoms with Crippen LogP contribution in [-0.4, -0.2) is 12.1 Å². The van der Waals surface area contributed by atoms with Crippen molar-refractivity contribution in [2.45, 2.75) is 25.8 Å². The Balaban J connectivity index is 1.67. The predicted molar refractivity (Wildman–Crippen MR) is 94.1 cm³/mol. The number of hydrogen-bond acceptors (Lipinski definition) is 3. The molecule has 0 saturated heterocycles. The van der Waals surface area contributed by atoms with Gasteiger partial charge in [-0.1, -0.05) is 30.3 Å². The lowest BCUT2D eigenvalue weighted by Gasteiger charge is -2.15. The second-order valence-corrected chi connectivity index (χ2v) is 5.98. The molecule has 0 bridgehead atoms. The largest absolute Gasteiger partial charge is 0.497 e. The topological polar surface area (TPSA) is 34.1 Å². The highest BCUT2D eigenvalue weighted by atomic mass is 16.5. The Morgan fingerprint density at radius 2 is 1.87 bits per heavy atom. The number of ether oxygens (including phenoxy) is 1. The summed E-state index contributed by atoms with van der Waals surface area (Å²) in [5.41, 5.74) is 6.26. The van der Waals surface area contributed by atoms with Crippen LogP contribution in [0.5, 0.6) is 5.75 Å². The summed E-state index contributed by atoms with van der Waals surface area (Å²) in [5, 5.41) is 4.88. The third kappa shape index (κ3) is 2.63. The zero-order chi connectivity index (χ0) is 15.6. The Morgan fingerprint density at radius 3 is 2.70 bits per heavy atom. The maximum Gasteiger partial charge on any atom is 0.118 e. The van der Waals surface area contributed by atoms with Crippen molar-refractivity contribution in [2.24, 2.45) is 0 Å². The fraction of sp³-hybridized carbons (Fsp3) is 0.250. The minimum Gasteiger partial charge on any atom is -0.497 e. The summed E-state index contributed by atoms with van der Waals surface area (Å²) in [6.45, 7) is 0.810. The van der Waals surface area contributed by atoms with Gasteiger partial charge in [0.1, 0.15) is 5.75 Å². The highest BCUT2D eigenvalue weighted by Crippen LogP contribution is 2.34. The molecule has 0 amide bonds. The third-order valence-electron chi connectivity index (χ3n) is 4.55. The molecule has 3 nitrogen and oxygen atoms in total. The van der Waals surface area contributed by atoms with Crippen LogP contribution in [-0.2, 0) is 19.4 Å². The number of hydrogen-bond donors (Lipinski definition) is 1. The van der Waals surface area contributed by atoms with Gasteiger partial charge in [-0.3, -0.25) is 4.98 Å². The zero-order valence-electron chi connectivity index (χ0n) is 13.3. The molecule has 116 valence electrons. The van der Waals surface area contributed by atoms with E-state index in [-0.39, 0.29) is 0 Å². The van der Waals surface area contributed by atoms with Crippen LogP contribution < -0.4 is 10.1 Å². The molecule has 1 aliphatic carbocycles. The van der Waals surface area contributed by atoms with Crippen molar-refractivity contribution in [1.29, 1.82) is 0 Å². The summed E-state index contributed by atoms with van der Waals surface area (Å²) in [4.78, 5) is 4.84. The number of anilines is 1. The molecule has 3 aromatic rings. The van der Waals surface area contributed by atoms with Crippen LogP contribution in [0.4, 0.5) is 5.69 Å². The quantitative estimate of drug-likeness (QED) is 0.778. The lowest BCUT2D eigenvalue weighted by molar-refractivity contribution is 0.414. The smallest absolute Gasteiger partial charge is 0.118 e. The van der Waals surface area contributed by atoms with E-state index in [4.69, 9.17) is 9.72 Å². The Morgan fingerprint density at radius 1 is 1.04 bits per heavy atom. The highest BCUT2D eigenvalue weighted by Gasteiger charge is 2.19. The van der Waals surface area contributed by atoms with Crippen LogP contribution in [0, 0.1) is 0 Å². The minimum atomic E-state index is 0.810. The van der Waals surface area contributed by atoms with Crippen LogP contribution in [0.3, 0.4) is 0 Å². The van der Waals surface area contributed by atoms with Crippen LogP contribution >= 0.6 is 0 Å². The van der Waals surface area contributed by atoms with Gasteiger partial charge in [0.25, 0.3) is 0 Å². The average Bonchev–Trinajstić information content (AvgIpc) is 3.07. The first-order valence-electron chi connectivity index (χ1n) is 8.12. The summed E-state index contributed by atoms with van der Waals surface area (Å²) >= 11 is 0. The summed E-state index contributed by atoms with van der Waals surface area (Å²) in [7, 11) is 1.69. The van der Waals surface area contributed by atoms with Crippen LogP contribution in [0.15, 0.2) is 48.5 Å². The number of fused-ring (bicyclic) bond motifs is 2. The highest BCUT2D eigenvalue weighted by molar-refractivity contribution is 5.93. The monoisotopic (exact) mass is 304 g/mol. The van der Waals surface area contributed by atoms with E-state index in [9.17, 15) is 0 Å². The van der Waals surface area contributed by atoms with Crippen molar-refractivity contribution in [3.05, 3.63) is 65.4 Å². The van der Waals surface area contributed by atoms with E-state index in [0.29, 0.717) is 0 Å². The molecule has 0 atom stereocenters. The lowest BCUT2D eigenvalue weighted by Crippen LogP contribution is -2.04. The van der Waals surface area contributed by atoms with Gasteiger partial charge in [-0.05, 0) is 48.6 Å². The van der Waals surface area contributed by atoms with E-state index < -0.39 is 0 Å². The summed E-state index contributed by atoms with van der Waals surface area (Å²) in [6.07, 6.45) is 3.42. The normalized spacial score (nSPS) is 13.1. The molecular weight excluding hydrogens is 284 g/mol. The maximum atomic E-state index is 5.22. The zero-order valence-corrected chi connectivity index (χ0v) is 13.3. The molecule has 1 heterocycles. The molecule has 0 spiro atoms. The number of pyridine rings is 1. The molecule has 1 N–H and O–H groups in total. The first-order valence-corrected chi connectivity index (χ1v) is 8.12. The molecule has 0 saturated carbocycles. The van der Waals surface area contributed by atoms with Crippen LogP contribution in [0.2, 0.25) is 0 Å². The minimum absolute atomic E-state index is 0.810. The third-order valence-corrected chi connectivity index (χ3v) is 4.55. The molecule has 0 unspecified atom stereocenters. The first-order chi connectivity index (χ1) is 11.3. The van der Waals surface area contributed by atoms with Gasteiger partial charge in [0.2, 0.25) is 0 Å². The average molecular weight is 304 g/mol. The van der Waals surface area contributed by atoms with E-state index in [1.54, 1.807) is 7.11 Å². The fourth-order valence-corrected chi connectivity index (χ4v) is 3.35. The van der Waals surface area contributed by atoms with Gasteiger partial charge in [-0.2, -0.15) is 0 Å². The van der Waals surface area contributed by atoms with E-state index >= 15 is 0 Å². The standard InChI is InChI=1S/C20H20N2O/c1-23-15-11-9-14(10-12-15)13-21-20-16-5-2-3-7-18(16)22-19-8-4-6-17(19)20/h2-3,5,7,9-12H,4,6,8,13H2,1H3,(H,21,22). The van der Waals surface area contributed by atoms with Gasteiger partial charge < -0.3 is 10.1 Å². The van der Waals surface area contributed by atoms with E-state index in [1.165, 1.54) is 34.3 Å². The molecule has 1 aromatic heterocycles. The summed E-state index contributed by atoms with van der Waals surface area (Å²) in [6, 6.07) is 16.6. The van der Waals surface area contributed by atoms with Crippen molar-refractivity contribution in [1.82, 2.24) is 4.98 Å². The number of methoxy groups -OCH3 is 1. The number of aryl methyl sites for hydroxylation is 1. The van der Waals surface area contributed by atoms with E-state index in [2.05, 4.69) is 41.7 Å². The first kappa shape index (κ1) is 14.1. The number of para-hydroxylation sites is 1. The fourth-order valence-electron chi connectivity index (χ4n) is 3.35. The number of nitrogens with one attached hydrogen (secondary N) is 1. The lowest BCUT2D eigenvalue weighted by atomic mass is 10.1. The van der Waals surface area contributed by atoms with Crippen molar-refractivity contribution in [3.63, 3.8) is 0 Å². The van der Waals surface area contributed by atoms with Gasteiger partial charge in [0.05, 0.1) is 12.6 Å². The number of aromatic nitrogens is 1. The molecular formula is C20H20N2O. The van der Waals surface area contributed by atoms with Crippen molar-refractivity contribution in [2.75, 3.05) is 12.4 Å². The Bertz CT molecular complexity index is 840. The van der Waals surface area contributed by atoms with Crippen molar-refractivity contribution >= 4 is 16.6 Å². The van der Waals surface area contributed by atoms with E-state index in [1.807, 2.05) is 12.1 Å². The van der Waals surface area contributed by atoms with E-state index in [0.717, 1.165) is 30.7 Å². The Kier molecular flexibility index (Phi) is 3.62. The molecule has 1 aliphatic rings. The second kappa shape index (κ2) is 5.92. The Hall–Kier alpha value is -2.55. The maximum absolute atomic E-state index is 5.22. The van der Waals surface area contributed by atoms with Gasteiger partial charge in [-0.15, -0.1) is 0 Å². The molecule has 4 rings (SSSR count). The second-order valence-electron chi connectivity index (χ2n) is 5.98. The van der Waals surface area contributed by atoms with Gasteiger partial charge in [0.15, 0.2) is 0 Å². The molecule has 23 heavy (non-hydrogen) atoms. The van der Waals surface area contributed by atoms with Crippen LogP contribution in [0.25, 0.3) is 10.9 Å². The molecule has 2 aromatic carbocycles. The Labute approximate surface area is 136 Å². The van der Waals surface area contributed by atoms with Gasteiger partial charge in [-0.25, -0.2) is 0 Å². The van der Waals surface area contributed by atoms with Gasteiger partial charge in [0, 0.05) is 23.3 Å². The predicted octanol–water partition coefficient (Wildman–Crippen LogP) is 4.34. The molecule has 3 heteroatoms. The summed E-state index contributed by atoms with van der Waals surface area (Å²) in [5.74, 6) is 0.893.